The van der Waals surface area contributed by atoms with Crippen LogP contribution >= 0.6 is 0 Å². The van der Waals surface area contributed by atoms with Crippen LogP contribution in [-0.2, 0) is 11.3 Å². The first-order chi connectivity index (χ1) is 9.31. The number of ether oxygens (including phenoxy) is 3. The van der Waals surface area contributed by atoms with Gasteiger partial charge in [0.15, 0.2) is 11.5 Å². The minimum absolute atomic E-state index is 0.687. The Balaban J connectivity index is 2.48. The maximum atomic E-state index is 5.73. The van der Waals surface area contributed by atoms with Gasteiger partial charge in [0.25, 0.3) is 0 Å². The highest BCUT2D eigenvalue weighted by molar-refractivity contribution is 5.42. The highest BCUT2D eigenvalue weighted by Gasteiger charge is 2.05. The van der Waals surface area contributed by atoms with Crippen molar-refractivity contribution >= 4 is 0 Å². The molecule has 0 radical (unpaired) electrons. The number of hydrogen-bond acceptors (Lipinski definition) is 4. The van der Waals surface area contributed by atoms with E-state index in [1.165, 1.54) is 5.56 Å². The number of unbranched alkanes of at least 4 members (excludes halogenated alkanes) is 1. The highest BCUT2D eigenvalue weighted by atomic mass is 16.5. The van der Waals surface area contributed by atoms with Gasteiger partial charge in [-0.1, -0.05) is 13.0 Å². The van der Waals surface area contributed by atoms with Crippen LogP contribution in [-0.4, -0.2) is 34.0 Å². The maximum Gasteiger partial charge on any atom is 0.161 e. The van der Waals surface area contributed by atoms with Crippen molar-refractivity contribution in [3.8, 4) is 11.5 Å². The van der Waals surface area contributed by atoms with Crippen LogP contribution in [0.4, 0.5) is 0 Å². The molecule has 0 aliphatic rings. The van der Waals surface area contributed by atoms with Crippen molar-refractivity contribution in [2.75, 3.05) is 34.0 Å². The molecule has 19 heavy (non-hydrogen) atoms. The zero-order valence-electron chi connectivity index (χ0n) is 12.2. The fraction of sp³-hybridized carbons (Fsp3) is 0.600. The van der Waals surface area contributed by atoms with Gasteiger partial charge in [-0.05, 0) is 37.1 Å². The summed E-state index contributed by atoms with van der Waals surface area (Å²) in [5.41, 5.74) is 1.20. The second kappa shape index (κ2) is 9.64. The van der Waals surface area contributed by atoms with Gasteiger partial charge in [0.1, 0.15) is 0 Å². The molecule has 0 saturated carbocycles. The summed E-state index contributed by atoms with van der Waals surface area (Å²) in [5, 5.41) is 3.29. The fourth-order valence-corrected chi connectivity index (χ4v) is 1.74. The van der Waals surface area contributed by atoms with E-state index >= 15 is 0 Å². The Labute approximate surface area is 116 Å². The van der Waals surface area contributed by atoms with Crippen LogP contribution in [0, 0.1) is 0 Å². The number of methoxy groups -OCH3 is 2. The van der Waals surface area contributed by atoms with Gasteiger partial charge >= 0.3 is 0 Å². The first-order valence-corrected chi connectivity index (χ1v) is 6.81. The van der Waals surface area contributed by atoms with Crippen LogP contribution < -0.4 is 14.8 Å². The average Bonchev–Trinajstić information content (AvgIpc) is 2.45. The zero-order valence-corrected chi connectivity index (χ0v) is 12.2. The summed E-state index contributed by atoms with van der Waals surface area (Å²) < 4.78 is 16.1. The van der Waals surface area contributed by atoms with Gasteiger partial charge in [0.05, 0.1) is 13.7 Å². The van der Waals surface area contributed by atoms with Crippen molar-refractivity contribution in [3.05, 3.63) is 23.8 Å². The molecule has 1 aromatic carbocycles. The van der Waals surface area contributed by atoms with Crippen LogP contribution in [0.25, 0.3) is 0 Å². The summed E-state index contributed by atoms with van der Waals surface area (Å²) in [5.74, 6) is 1.60. The van der Waals surface area contributed by atoms with E-state index in [9.17, 15) is 0 Å². The first-order valence-electron chi connectivity index (χ1n) is 6.81. The molecule has 4 heteroatoms. The van der Waals surface area contributed by atoms with E-state index in [2.05, 4.69) is 18.3 Å². The third-order valence-electron chi connectivity index (χ3n) is 2.81. The minimum atomic E-state index is 0.687. The van der Waals surface area contributed by atoms with Crippen LogP contribution in [0.5, 0.6) is 11.5 Å². The molecule has 0 atom stereocenters. The number of rotatable bonds is 10. The molecular weight excluding hydrogens is 242 g/mol. The second-order valence-corrected chi connectivity index (χ2v) is 4.31. The summed E-state index contributed by atoms with van der Waals surface area (Å²) >= 11 is 0. The Bertz CT molecular complexity index is 355. The SMILES string of the molecule is CCNCc1ccc(OCCCCOC)c(OC)c1. The largest absolute Gasteiger partial charge is 0.493 e. The standard InChI is InChI=1S/C15H25NO3/c1-4-16-12-13-7-8-14(15(11-13)18-3)19-10-6-5-9-17-2/h7-8,11,16H,4-6,9-10,12H2,1-3H3. The van der Waals surface area contributed by atoms with Gasteiger partial charge in [-0.25, -0.2) is 0 Å². The molecule has 0 heterocycles. The van der Waals surface area contributed by atoms with E-state index in [1.54, 1.807) is 14.2 Å². The molecule has 0 aromatic heterocycles. The molecule has 0 aliphatic heterocycles. The topological polar surface area (TPSA) is 39.7 Å². The smallest absolute Gasteiger partial charge is 0.161 e. The quantitative estimate of drug-likeness (QED) is 0.661. The Morgan fingerprint density at radius 3 is 2.53 bits per heavy atom. The molecule has 4 nitrogen and oxygen atoms in total. The van der Waals surface area contributed by atoms with Gasteiger partial charge in [-0.3, -0.25) is 0 Å². The molecule has 108 valence electrons. The summed E-state index contributed by atoms with van der Waals surface area (Å²) in [7, 11) is 3.39. The molecule has 0 amide bonds. The Morgan fingerprint density at radius 2 is 1.84 bits per heavy atom. The van der Waals surface area contributed by atoms with Gasteiger partial charge in [0.2, 0.25) is 0 Å². The van der Waals surface area contributed by atoms with Crippen molar-refractivity contribution in [1.29, 1.82) is 0 Å². The van der Waals surface area contributed by atoms with Crippen molar-refractivity contribution in [1.82, 2.24) is 5.32 Å². The van der Waals surface area contributed by atoms with Crippen molar-refractivity contribution in [2.45, 2.75) is 26.3 Å². The molecule has 1 rings (SSSR count). The van der Waals surface area contributed by atoms with Crippen LogP contribution in [0.2, 0.25) is 0 Å². The van der Waals surface area contributed by atoms with E-state index in [0.717, 1.165) is 44.0 Å². The monoisotopic (exact) mass is 267 g/mol. The van der Waals surface area contributed by atoms with E-state index < -0.39 is 0 Å². The molecule has 0 bridgehead atoms. The van der Waals surface area contributed by atoms with E-state index in [-0.39, 0.29) is 0 Å². The maximum absolute atomic E-state index is 5.73. The molecule has 0 aliphatic carbocycles. The van der Waals surface area contributed by atoms with E-state index in [1.807, 2.05) is 12.1 Å². The predicted octanol–water partition coefficient (Wildman–Crippen LogP) is 2.61. The van der Waals surface area contributed by atoms with Crippen molar-refractivity contribution in [2.24, 2.45) is 0 Å². The molecule has 0 saturated heterocycles. The third kappa shape index (κ3) is 5.94. The zero-order chi connectivity index (χ0) is 13.9. The normalized spacial score (nSPS) is 10.5. The predicted molar refractivity (Wildman–Crippen MR) is 77.0 cm³/mol. The van der Waals surface area contributed by atoms with Crippen LogP contribution in [0.15, 0.2) is 18.2 Å². The lowest BCUT2D eigenvalue weighted by Crippen LogP contribution is -2.11. The number of nitrogens with one attached hydrogen (secondary N) is 1. The first kappa shape index (κ1) is 15.8. The molecule has 1 N–H and O–H groups in total. The summed E-state index contributed by atoms with van der Waals surface area (Å²) in [6, 6.07) is 6.06. The number of benzene rings is 1. The Morgan fingerprint density at radius 1 is 1.05 bits per heavy atom. The van der Waals surface area contributed by atoms with Crippen molar-refractivity contribution < 1.29 is 14.2 Å². The van der Waals surface area contributed by atoms with Crippen LogP contribution in [0.1, 0.15) is 25.3 Å². The Kier molecular flexibility index (Phi) is 8.02. The molecule has 0 fully saturated rings. The van der Waals surface area contributed by atoms with Crippen molar-refractivity contribution in [3.63, 3.8) is 0 Å². The third-order valence-corrected chi connectivity index (χ3v) is 2.81. The van der Waals surface area contributed by atoms with E-state index in [4.69, 9.17) is 14.2 Å². The molecule has 0 spiro atoms. The van der Waals surface area contributed by atoms with Gasteiger partial charge in [-0.2, -0.15) is 0 Å². The van der Waals surface area contributed by atoms with Crippen LogP contribution in [0.3, 0.4) is 0 Å². The minimum Gasteiger partial charge on any atom is -0.493 e. The van der Waals surface area contributed by atoms with E-state index in [0.29, 0.717) is 6.61 Å². The summed E-state index contributed by atoms with van der Waals surface area (Å²) in [6.07, 6.45) is 1.99. The lowest BCUT2D eigenvalue weighted by atomic mass is 10.2. The van der Waals surface area contributed by atoms with Gasteiger partial charge in [0, 0.05) is 20.3 Å². The van der Waals surface area contributed by atoms with Gasteiger partial charge in [-0.15, -0.1) is 0 Å². The summed E-state index contributed by atoms with van der Waals surface area (Å²) in [4.78, 5) is 0. The molecular formula is C15H25NO3. The molecule has 1 aromatic rings. The lowest BCUT2D eigenvalue weighted by Gasteiger charge is -2.12. The average molecular weight is 267 g/mol. The highest BCUT2D eigenvalue weighted by Crippen LogP contribution is 2.28. The fourth-order valence-electron chi connectivity index (χ4n) is 1.74. The number of hydrogen-bond donors (Lipinski definition) is 1. The van der Waals surface area contributed by atoms with Gasteiger partial charge < -0.3 is 19.5 Å². The summed E-state index contributed by atoms with van der Waals surface area (Å²) in [6.45, 7) is 5.37. The molecule has 0 unspecified atom stereocenters. The Hall–Kier alpha value is -1.26. The lowest BCUT2D eigenvalue weighted by molar-refractivity contribution is 0.183. The second-order valence-electron chi connectivity index (χ2n) is 4.31.